The Bertz CT molecular complexity index is 2340. The number of hydrogen-bond donors (Lipinski definition) is 0. The fourth-order valence-electron chi connectivity index (χ4n) is 11.2. The van der Waals surface area contributed by atoms with Gasteiger partial charge in [-0.3, -0.25) is 0 Å². The van der Waals surface area contributed by atoms with Crippen molar-refractivity contribution in [1.82, 2.24) is 0 Å². The summed E-state index contributed by atoms with van der Waals surface area (Å²) in [6.45, 7) is 0. The van der Waals surface area contributed by atoms with Gasteiger partial charge in [0.15, 0.2) is 0 Å². The van der Waals surface area contributed by atoms with Crippen molar-refractivity contribution in [2.45, 2.75) is 37.5 Å². The van der Waals surface area contributed by atoms with Crippen LogP contribution in [0.4, 0.5) is 17.1 Å². The fourth-order valence-corrected chi connectivity index (χ4v) is 12.3. The summed E-state index contributed by atoms with van der Waals surface area (Å²) in [5, 5.41) is 2.71. The molecule has 1 aromatic heterocycles. The van der Waals surface area contributed by atoms with Gasteiger partial charge in [-0.1, -0.05) is 103 Å². The van der Waals surface area contributed by atoms with Crippen molar-refractivity contribution in [3.63, 3.8) is 0 Å². The minimum atomic E-state index is 0.0722. The van der Waals surface area contributed by atoms with Gasteiger partial charge in [0.05, 0.1) is 11.4 Å². The number of thiophene rings is 1. The molecular weight excluding hydrogens is 599 g/mol. The summed E-state index contributed by atoms with van der Waals surface area (Å²) in [5.41, 5.74) is 12.6. The van der Waals surface area contributed by atoms with E-state index < -0.39 is 0 Å². The third-order valence-electron chi connectivity index (χ3n) is 12.6. The van der Waals surface area contributed by atoms with Gasteiger partial charge in [-0.15, -0.1) is 11.3 Å². The molecule has 232 valence electrons. The largest absolute Gasteiger partial charge is 0.309 e. The van der Waals surface area contributed by atoms with Crippen LogP contribution >= 0.6 is 11.3 Å². The molecule has 0 aliphatic heterocycles. The number of hydrogen-bond acceptors (Lipinski definition) is 2. The maximum absolute atomic E-state index is 2.65. The number of benzene rings is 6. The summed E-state index contributed by atoms with van der Waals surface area (Å²) in [6.07, 6.45) is 6.99. The fraction of sp³-hybridized carbons (Fsp3) is 0.217. The van der Waals surface area contributed by atoms with Gasteiger partial charge in [-0.25, -0.2) is 0 Å². The first-order valence-electron chi connectivity index (χ1n) is 17.9. The van der Waals surface area contributed by atoms with Crippen LogP contribution in [0, 0.1) is 23.7 Å². The highest BCUT2D eigenvalue weighted by Gasteiger charge is 2.62. The third kappa shape index (κ3) is 3.67. The van der Waals surface area contributed by atoms with E-state index in [4.69, 9.17) is 0 Å². The van der Waals surface area contributed by atoms with Crippen molar-refractivity contribution in [1.29, 1.82) is 0 Å². The predicted molar refractivity (Wildman–Crippen MR) is 203 cm³/mol. The van der Waals surface area contributed by atoms with E-state index in [1.807, 2.05) is 11.3 Å². The molecule has 0 atom stereocenters. The average Bonchev–Trinajstić information content (AvgIpc) is 3.66. The van der Waals surface area contributed by atoms with E-state index in [1.54, 1.807) is 11.1 Å². The second-order valence-corrected chi connectivity index (χ2v) is 16.0. The van der Waals surface area contributed by atoms with Gasteiger partial charge in [0, 0.05) is 31.3 Å². The zero-order valence-corrected chi connectivity index (χ0v) is 27.8. The first-order valence-corrected chi connectivity index (χ1v) is 18.7. The van der Waals surface area contributed by atoms with E-state index in [2.05, 4.69) is 144 Å². The lowest BCUT2D eigenvalue weighted by Crippen LogP contribution is -2.55. The second kappa shape index (κ2) is 10.2. The predicted octanol–water partition coefficient (Wildman–Crippen LogP) is 12.9. The summed E-state index contributed by atoms with van der Waals surface area (Å²) in [4.78, 5) is 2.65. The Morgan fingerprint density at radius 2 is 1.12 bits per heavy atom. The molecule has 6 aromatic carbocycles. The number of fused-ring (bicyclic) bond motifs is 6. The second-order valence-electron chi connectivity index (χ2n) is 14.9. The maximum atomic E-state index is 2.65. The Hall–Kier alpha value is -4.66. The highest BCUT2D eigenvalue weighted by Crippen LogP contribution is 2.71. The Morgan fingerprint density at radius 3 is 1.94 bits per heavy atom. The zero-order valence-electron chi connectivity index (χ0n) is 27.0. The molecule has 0 unspecified atom stereocenters. The molecule has 12 rings (SSSR count). The van der Waals surface area contributed by atoms with Crippen LogP contribution in [-0.2, 0) is 5.41 Å². The molecule has 0 radical (unpaired) electrons. The molecule has 5 aliphatic rings. The van der Waals surface area contributed by atoms with Crippen LogP contribution in [0.5, 0.6) is 0 Å². The summed E-state index contributed by atoms with van der Waals surface area (Å²) >= 11 is 1.91. The molecule has 1 heterocycles. The van der Waals surface area contributed by atoms with Gasteiger partial charge in [0.25, 0.3) is 0 Å². The molecule has 2 heteroatoms. The quantitative estimate of drug-likeness (QED) is 0.186. The molecule has 1 spiro atoms. The molecule has 4 bridgehead atoms. The van der Waals surface area contributed by atoms with E-state index in [0.717, 1.165) is 11.8 Å². The van der Waals surface area contributed by atoms with Crippen molar-refractivity contribution in [3.05, 3.63) is 151 Å². The lowest BCUT2D eigenvalue weighted by Gasteiger charge is -2.61. The number of nitrogens with zero attached hydrogens (tertiary/aromatic N) is 1. The van der Waals surface area contributed by atoms with E-state index >= 15 is 0 Å². The Balaban J connectivity index is 1.20. The lowest BCUT2D eigenvalue weighted by atomic mass is 9.43. The topological polar surface area (TPSA) is 3.24 Å². The van der Waals surface area contributed by atoms with Crippen LogP contribution < -0.4 is 4.90 Å². The molecule has 1 nitrogen and oxygen atoms in total. The SMILES string of the molecule is c1ccc(-c2ccc(N(c3cccc4c3C3(c5ccccc5-4)C4CC5CC(C4)CC3C5)c3cccc4sc5ccccc5c34)cc2)cc1. The molecule has 4 saturated carbocycles. The van der Waals surface area contributed by atoms with Crippen LogP contribution in [0.25, 0.3) is 42.4 Å². The van der Waals surface area contributed by atoms with Crippen LogP contribution in [0.2, 0.25) is 0 Å². The smallest absolute Gasteiger partial charge is 0.0554 e. The summed E-state index contributed by atoms with van der Waals surface area (Å²) < 4.78 is 2.70. The van der Waals surface area contributed by atoms with Gasteiger partial charge in [0.2, 0.25) is 0 Å². The van der Waals surface area contributed by atoms with E-state index in [0.29, 0.717) is 11.8 Å². The van der Waals surface area contributed by atoms with Crippen molar-refractivity contribution in [2.24, 2.45) is 23.7 Å². The van der Waals surface area contributed by atoms with Crippen LogP contribution in [0.15, 0.2) is 140 Å². The lowest BCUT2D eigenvalue weighted by molar-refractivity contribution is -0.0397. The normalized spacial score (nSPS) is 24.8. The highest BCUT2D eigenvalue weighted by molar-refractivity contribution is 7.26. The molecule has 7 aromatic rings. The van der Waals surface area contributed by atoms with Crippen molar-refractivity contribution >= 4 is 48.6 Å². The molecular formula is C46H37NS. The van der Waals surface area contributed by atoms with Crippen molar-refractivity contribution < 1.29 is 0 Å². The van der Waals surface area contributed by atoms with E-state index in [9.17, 15) is 0 Å². The van der Waals surface area contributed by atoms with Gasteiger partial charge < -0.3 is 4.90 Å². The first-order chi connectivity index (χ1) is 23.8. The van der Waals surface area contributed by atoms with E-state index in [-0.39, 0.29) is 5.41 Å². The minimum absolute atomic E-state index is 0.0722. The zero-order chi connectivity index (χ0) is 31.4. The minimum Gasteiger partial charge on any atom is -0.309 e. The molecule has 0 amide bonds. The Labute approximate surface area is 286 Å². The van der Waals surface area contributed by atoms with E-state index in [1.165, 1.54) is 91.6 Å². The van der Waals surface area contributed by atoms with Crippen LogP contribution in [0.1, 0.15) is 43.2 Å². The molecule has 48 heavy (non-hydrogen) atoms. The Kier molecular flexibility index (Phi) is 5.79. The molecule has 4 fully saturated rings. The third-order valence-corrected chi connectivity index (χ3v) is 13.8. The first kappa shape index (κ1) is 27.3. The monoisotopic (exact) mass is 635 g/mol. The van der Waals surface area contributed by atoms with Crippen LogP contribution in [0.3, 0.4) is 0 Å². The molecule has 0 saturated heterocycles. The molecule has 5 aliphatic carbocycles. The number of anilines is 3. The van der Waals surface area contributed by atoms with Crippen molar-refractivity contribution in [3.8, 4) is 22.3 Å². The number of rotatable bonds is 4. The molecule has 0 N–H and O–H groups in total. The Morgan fingerprint density at radius 1 is 0.500 bits per heavy atom. The van der Waals surface area contributed by atoms with Crippen LogP contribution in [-0.4, -0.2) is 0 Å². The summed E-state index contributed by atoms with van der Waals surface area (Å²) in [7, 11) is 0. The van der Waals surface area contributed by atoms with Gasteiger partial charge >= 0.3 is 0 Å². The van der Waals surface area contributed by atoms with Crippen molar-refractivity contribution in [2.75, 3.05) is 4.90 Å². The van der Waals surface area contributed by atoms with Gasteiger partial charge in [-0.2, -0.15) is 0 Å². The summed E-state index contributed by atoms with van der Waals surface area (Å²) in [6, 6.07) is 52.8. The average molecular weight is 636 g/mol. The van der Waals surface area contributed by atoms with Gasteiger partial charge in [0.1, 0.15) is 0 Å². The van der Waals surface area contributed by atoms with Gasteiger partial charge in [-0.05, 0) is 126 Å². The standard InChI is InChI=1S/C46H37NS/c1-2-10-31(11-3-1)32-20-22-35(23-21-32)47(40-16-9-19-43-44(40)38-13-5-7-18-42(38)48-43)41-17-8-14-37-36-12-4-6-15-39(36)46(45(37)41)33-25-29-24-30(27-33)28-34(46)26-29/h1-23,29-30,33-34H,24-28H2. The summed E-state index contributed by atoms with van der Waals surface area (Å²) in [5.74, 6) is 3.23. The maximum Gasteiger partial charge on any atom is 0.0554 e. The highest BCUT2D eigenvalue weighted by atomic mass is 32.1.